The Labute approximate surface area is 154 Å². The number of aryl methyl sites for hydroxylation is 1. The molecule has 0 aliphatic carbocycles. The number of ether oxygens (including phenoxy) is 2. The molecule has 6 heteroatoms. The Balaban J connectivity index is 1.22. The normalized spacial score (nSPS) is 21.6. The fraction of sp³-hybridized carbons (Fsp3) is 0.550. The van der Waals surface area contributed by atoms with Gasteiger partial charge in [0, 0.05) is 25.6 Å². The van der Waals surface area contributed by atoms with Crippen LogP contribution in [0.5, 0.6) is 0 Å². The van der Waals surface area contributed by atoms with Gasteiger partial charge in [0.25, 0.3) is 0 Å². The fourth-order valence-corrected chi connectivity index (χ4v) is 3.89. The third-order valence-corrected chi connectivity index (χ3v) is 5.32. The Bertz CT molecular complexity index is 702. The Morgan fingerprint density at radius 3 is 2.96 bits per heavy atom. The highest BCUT2D eigenvalue weighted by Crippen LogP contribution is 2.39. The standard InChI is InChI=1S/C20H26N4O2/c1-16-4-5-19(23-22-16)24-14-20(15-24)11-17(7-10-26-20)6-9-25-13-18-3-2-8-21-12-18/h2-5,8,12,17H,6-7,9-11,13-15H2,1H3. The summed E-state index contributed by atoms with van der Waals surface area (Å²) in [6.45, 7) is 6.07. The van der Waals surface area contributed by atoms with Crippen LogP contribution in [0.2, 0.25) is 0 Å². The van der Waals surface area contributed by atoms with Crippen LogP contribution < -0.4 is 4.90 Å². The molecule has 2 aliphatic rings. The van der Waals surface area contributed by atoms with Crippen molar-refractivity contribution in [3.8, 4) is 0 Å². The molecule has 0 radical (unpaired) electrons. The molecule has 2 aromatic rings. The lowest BCUT2D eigenvalue weighted by atomic mass is 9.79. The molecular formula is C20H26N4O2. The summed E-state index contributed by atoms with van der Waals surface area (Å²) in [5.41, 5.74) is 2.08. The molecule has 0 amide bonds. The first-order chi connectivity index (χ1) is 12.7. The molecule has 4 rings (SSSR count). The lowest BCUT2D eigenvalue weighted by molar-refractivity contribution is -0.116. The molecule has 2 saturated heterocycles. The van der Waals surface area contributed by atoms with Gasteiger partial charge < -0.3 is 14.4 Å². The van der Waals surface area contributed by atoms with Crippen molar-refractivity contribution in [1.82, 2.24) is 15.2 Å². The van der Waals surface area contributed by atoms with E-state index in [1.54, 1.807) is 6.20 Å². The van der Waals surface area contributed by atoms with Gasteiger partial charge in [0.1, 0.15) is 5.60 Å². The molecule has 138 valence electrons. The summed E-state index contributed by atoms with van der Waals surface area (Å²) in [7, 11) is 0. The van der Waals surface area contributed by atoms with E-state index in [4.69, 9.17) is 9.47 Å². The van der Waals surface area contributed by atoms with Gasteiger partial charge in [0.05, 0.1) is 25.4 Å². The maximum Gasteiger partial charge on any atom is 0.151 e. The van der Waals surface area contributed by atoms with E-state index in [1.807, 2.05) is 37.4 Å². The second kappa shape index (κ2) is 7.68. The van der Waals surface area contributed by atoms with Crippen LogP contribution >= 0.6 is 0 Å². The van der Waals surface area contributed by atoms with Gasteiger partial charge in [-0.3, -0.25) is 4.98 Å². The van der Waals surface area contributed by atoms with E-state index < -0.39 is 0 Å². The average molecular weight is 354 g/mol. The van der Waals surface area contributed by atoms with Crippen LogP contribution in [-0.2, 0) is 16.1 Å². The third-order valence-electron chi connectivity index (χ3n) is 5.32. The van der Waals surface area contributed by atoms with Crippen LogP contribution in [0.25, 0.3) is 0 Å². The first-order valence-corrected chi connectivity index (χ1v) is 9.38. The van der Waals surface area contributed by atoms with Gasteiger partial charge in [0.2, 0.25) is 0 Å². The molecule has 6 nitrogen and oxygen atoms in total. The largest absolute Gasteiger partial charge is 0.377 e. The minimum absolute atomic E-state index is 0.00116. The highest BCUT2D eigenvalue weighted by atomic mass is 16.5. The Morgan fingerprint density at radius 2 is 2.19 bits per heavy atom. The van der Waals surface area contributed by atoms with Crippen LogP contribution in [-0.4, -0.2) is 47.1 Å². The van der Waals surface area contributed by atoms with Crippen LogP contribution in [0.15, 0.2) is 36.7 Å². The van der Waals surface area contributed by atoms with E-state index >= 15 is 0 Å². The van der Waals surface area contributed by atoms with Crippen molar-refractivity contribution in [3.05, 3.63) is 47.9 Å². The molecule has 0 N–H and O–H groups in total. The molecule has 0 aromatic carbocycles. The first kappa shape index (κ1) is 17.4. The maximum atomic E-state index is 6.14. The molecule has 4 heterocycles. The van der Waals surface area contributed by atoms with Crippen LogP contribution in [0.3, 0.4) is 0 Å². The zero-order valence-corrected chi connectivity index (χ0v) is 15.3. The van der Waals surface area contributed by atoms with Crippen molar-refractivity contribution in [3.63, 3.8) is 0 Å². The van der Waals surface area contributed by atoms with E-state index in [9.17, 15) is 0 Å². The number of anilines is 1. The van der Waals surface area contributed by atoms with E-state index in [0.717, 1.165) is 62.6 Å². The molecule has 0 saturated carbocycles. The number of hydrogen-bond donors (Lipinski definition) is 0. The summed E-state index contributed by atoms with van der Waals surface area (Å²) in [6.07, 6.45) is 6.98. The Kier molecular flexibility index (Phi) is 5.13. The zero-order chi connectivity index (χ0) is 17.8. The van der Waals surface area contributed by atoms with Gasteiger partial charge in [-0.05, 0) is 55.9 Å². The summed E-state index contributed by atoms with van der Waals surface area (Å²) in [5, 5.41) is 8.43. The Hall–Kier alpha value is -2.05. The fourth-order valence-electron chi connectivity index (χ4n) is 3.89. The number of rotatable bonds is 6. The lowest BCUT2D eigenvalue weighted by Gasteiger charge is -2.53. The predicted molar refractivity (Wildman–Crippen MR) is 98.9 cm³/mol. The van der Waals surface area contributed by atoms with E-state index in [0.29, 0.717) is 12.5 Å². The minimum Gasteiger partial charge on any atom is -0.377 e. The Morgan fingerprint density at radius 1 is 1.27 bits per heavy atom. The molecule has 26 heavy (non-hydrogen) atoms. The van der Waals surface area contributed by atoms with Gasteiger partial charge in [-0.25, -0.2) is 0 Å². The van der Waals surface area contributed by atoms with Crippen LogP contribution in [0, 0.1) is 12.8 Å². The second-order valence-electron chi connectivity index (χ2n) is 7.48. The zero-order valence-electron chi connectivity index (χ0n) is 15.3. The predicted octanol–water partition coefficient (Wildman–Crippen LogP) is 2.77. The molecule has 2 fully saturated rings. The summed E-state index contributed by atoms with van der Waals surface area (Å²) in [4.78, 5) is 6.37. The number of nitrogens with zero attached hydrogens (tertiary/aromatic N) is 4. The number of hydrogen-bond acceptors (Lipinski definition) is 6. The van der Waals surface area contributed by atoms with Crippen LogP contribution in [0.4, 0.5) is 5.82 Å². The van der Waals surface area contributed by atoms with Gasteiger partial charge >= 0.3 is 0 Å². The smallest absolute Gasteiger partial charge is 0.151 e. The highest BCUT2D eigenvalue weighted by Gasteiger charge is 2.47. The molecular weight excluding hydrogens is 328 g/mol. The van der Waals surface area contributed by atoms with E-state index in [2.05, 4.69) is 20.1 Å². The van der Waals surface area contributed by atoms with E-state index in [1.165, 1.54) is 0 Å². The first-order valence-electron chi connectivity index (χ1n) is 9.38. The molecule has 2 aliphatic heterocycles. The van der Waals surface area contributed by atoms with E-state index in [-0.39, 0.29) is 5.60 Å². The van der Waals surface area contributed by atoms with Crippen molar-refractivity contribution < 1.29 is 9.47 Å². The monoisotopic (exact) mass is 354 g/mol. The molecule has 1 atom stereocenters. The quantitative estimate of drug-likeness (QED) is 0.744. The van der Waals surface area contributed by atoms with Gasteiger partial charge in [-0.2, -0.15) is 5.10 Å². The molecule has 0 bridgehead atoms. The number of aromatic nitrogens is 3. The average Bonchev–Trinajstić information content (AvgIpc) is 2.65. The summed E-state index contributed by atoms with van der Waals surface area (Å²) >= 11 is 0. The number of pyridine rings is 1. The van der Waals surface area contributed by atoms with Crippen molar-refractivity contribution in [2.75, 3.05) is 31.2 Å². The summed E-state index contributed by atoms with van der Waals surface area (Å²) in [5.74, 6) is 1.62. The third kappa shape index (κ3) is 4.02. The summed E-state index contributed by atoms with van der Waals surface area (Å²) < 4.78 is 12.0. The van der Waals surface area contributed by atoms with Crippen LogP contribution in [0.1, 0.15) is 30.5 Å². The second-order valence-corrected chi connectivity index (χ2v) is 7.48. The van der Waals surface area contributed by atoms with Crippen molar-refractivity contribution in [2.24, 2.45) is 5.92 Å². The molecule has 1 spiro atoms. The topological polar surface area (TPSA) is 60.4 Å². The molecule has 2 aromatic heterocycles. The minimum atomic E-state index is -0.00116. The van der Waals surface area contributed by atoms with Crippen molar-refractivity contribution in [2.45, 2.75) is 38.4 Å². The molecule has 1 unspecified atom stereocenters. The summed E-state index contributed by atoms with van der Waals surface area (Å²) in [6, 6.07) is 8.05. The highest BCUT2D eigenvalue weighted by molar-refractivity contribution is 5.43. The van der Waals surface area contributed by atoms with Crippen molar-refractivity contribution >= 4 is 5.82 Å². The maximum absolute atomic E-state index is 6.14. The lowest BCUT2D eigenvalue weighted by Crippen LogP contribution is -2.65. The van der Waals surface area contributed by atoms with Gasteiger partial charge in [-0.15, -0.1) is 5.10 Å². The van der Waals surface area contributed by atoms with Crippen molar-refractivity contribution in [1.29, 1.82) is 0 Å². The SMILES string of the molecule is Cc1ccc(N2CC3(CC(CCOCc4cccnc4)CCO3)C2)nn1. The van der Waals surface area contributed by atoms with Gasteiger partial charge in [0.15, 0.2) is 5.82 Å². The van der Waals surface area contributed by atoms with Gasteiger partial charge in [-0.1, -0.05) is 6.07 Å².